The number of hydrogen-bond donors (Lipinski definition) is 0. The van der Waals surface area contributed by atoms with Crippen molar-refractivity contribution in [3.8, 4) is 0 Å². The minimum Gasteiger partial charge on any atom is -0.336 e. The summed E-state index contributed by atoms with van der Waals surface area (Å²) in [6.45, 7) is 9.46. The van der Waals surface area contributed by atoms with Crippen molar-refractivity contribution < 1.29 is 9.59 Å². The van der Waals surface area contributed by atoms with E-state index < -0.39 is 0 Å². The number of amides is 2. The van der Waals surface area contributed by atoms with Crippen LogP contribution in [0.4, 0.5) is 0 Å². The molecular formula is C14H26N2O2. The molecular weight excluding hydrogens is 228 g/mol. The van der Waals surface area contributed by atoms with Crippen LogP contribution in [0.3, 0.4) is 0 Å². The van der Waals surface area contributed by atoms with Crippen LogP contribution in [0.5, 0.6) is 0 Å². The fourth-order valence-electron chi connectivity index (χ4n) is 2.54. The SMILES string of the molecule is CCCC(=O)N1CC(C)N(C(=O)CCC)CC1C. The lowest BCUT2D eigenvalue weighted by molar-refractivity contribution is -0.145. The summed E-state index contributed by atoms with van der Waals surface area (Å²) in [5.41, 5.74) is 0. The van der Waals surface area contributed by atoms with Crippen LogP contribution in [0.25, 0.3) is 0 Å². The molecule has 0 saturated carbocycles. The highest BCUT2D eigenvalue weighted by atomic mass is 16.2. The summed E-state index contributed by atoms with van der Waals surface area (Å²) in [5.74, 6) is 0.443. The van der Waals surface area contributed by atoms with Gasteiger partial charge in [-0.25, -0.2) is 0 Å². The Bertz CT molecular complexity index is 274. The van der Waals surface area contributed by atoms with Gasteiger partial charge in [-0.1, -0.05) is 13.8 Å². The Hall–Kier alpha value is -1.06. The van der Waals surface area contributed by atoms with Crippen LogP contribution in [-0.2, 0) is 9.59 Å². The number of nitrogens with zero attached hydrogens (tertiary/aromatic N) is 2. The summed E-state index contributed by atoms with van der Waals surface area (Å²) >= 11 is 0. The van der Waals surface area contributed by atoms with Gasteiger partial charge in [0.05, 0.1) is 0 Å². The van der Waals surface area contributed by atoms with E-state index in [1.54, 1.807) is 0 Å². The second kappa shape index (κ2) is 6.76. The van der Waals surface area contributed by atoms with Crippen LogP contribution in [0.15, 0.2) is 0 Å². The highest BCUT2D eigenvalue weighted by Crippen LogP contribution is 2.18. The molecule has 0 aromatic heterocycles. The van der Waals surface area contributed by atoms with E-state index in [0.29, 0.717) is 25.9 Å². The first-order chi connectivity index (χ1) is 8.51. The van der Waals surface area contributed by atoms with Crippen molar-refractivity contribution >= 4 is 11.8 Å². The van der Waals surface area contributed by atoms with Crippen molar-refractivity contribution in [3.63, 3.8) is 0 Å². The molecule has 2 unspecified atom stereocenters. The maximum Gasteiger partial charge on any atom is 0.222 e. The normalized spacial score (nSPS) is 24.2. The van der Waals surface area contributed by atoms with Crippen molar-refractivity contribution in [2.45, 2.75) is 65.5 Å². The zero-order chi connectivity index (χ0) is 13.7. The molecule has 104 valence electrons. The Labute approximate surface area is 110 Å². The summed E-state index contributed by atoms with van der Waals surface area (Å²) in [6, 6.07) is 0.280. The van der Waals surface area contributed by atoms with Crippen LogP contribution in [0, 0.1) is 0 Å². The van der Waals surface area contributed by atoms with E-state index in [2.05, 4.69) is 0 Å². The second-order valence-corrected chi connectivity index (χ2v) is 5.29. The van der Waals surface area contributed by atoms with Gasteiger partial charge in [-0.2, -0.15) is 0 Å². The van der Waals surface area contributed by atoms with Crippen molar-refractivity contribution in [1.29, 1.82) is 0 Å². The highest BCUT2D eigenvalue weighted by Gasteiger charge is 2.33. The summed E-state index contributed by atoms with van der Waals surface area (Å²) in [7, 11) is 0. The van der Waals surface area contributed by atoms with Gasteiger partial charge in [-0.05, 0) is 26.7 Å². The predicted octanol–water partition coefficient (Wildman–Crippen LogP) is 2.03. The summed E-state index contributed by atoms with van der Waals surface area (Å²) in [6.07, 6.45) is 2.99. The Morgan fingerprint density at radius 1 is 0.889 bits per heavy atom. The van der Waals surface area contributed by atoms with Gasteiger partial charge in [0.15, 0.2) is 0 Å². The molecule has 1 heterocycles. The molecule has 1 aliphatic heterocycles. The molecule has 0 aromatic rings. The van der Waals surface area contributed by atoms with E-state index in [1.807, 2.05) is 37.5 Å². The van der Waals surface area contributed by atoms with Gasteiger partial charge < -0.3 is 9.80 Å². The average molecular weight is 254 g/mol. The van der Waals surface area contributed by atoms with Gasteiger partial charge in [0, 0.05) is 38.0 Å². The van der Waals surface area contributed by atoms with Crippen LogP contribution in [-0.4, -0.2) is 46.8 Å². The van der Waals surface area contributed by atoms with Gasteiger partial charge in [-0.15, -0.1) is 0 Å². The number of rotatable bonds is 4. The smallest absolute Gasteiger partial charge is 0.222 e. The lowest BCUT2D eigenvalue weighted by atomic mass is 10.1. The molecule has 0 bridgehead atoms. The van der Waals surface area contributed by atoms with Crippen molar-refractivity contribution in [2.24, 2.45) is 0 Å². The minimum absolute atomic E-state index is 0.140. The van der Waals surface area contributed by atoms with Crippen molar-refractivity contribution in [3.05, 3.63) is 0 Å². The molecule has 0 aromatic carbocycles. The van der Waals surface area contributed by atoms with E-state index in [-0.39, 0.29) is 23.9 Å². The van der Waals surface area contributed by atoms with Gasteiger partial charge in [0.2, 0.25) is 11.8 Å². The number of carbonyl (C=O) groups is 2. The Morgan fingerprint density at radius 2 is 1.22 bits per heavy atom. The van der Waals surface area contributed by atoms with E-state index >= 15 is 0 Å². The lowest BCUT2D eigenvalue weighted by Crippen LogP contribution is -2.59. The van der Waals surface area contributed by atoms with Gasteiger partial charge >= 0.3 is 0 Å². The molecule has 1 saturated heterocycles. The third-order valence-electron chi connectivity index (χ3n) is 3.55. The molecule has 0 radical (unpaired) electrons. The maximum absolute atomic E-state index is 12.0. The fraction of sp³-hybridized carbons (Fsp3) is 0.857. The average Bonchev–Trinajstić information content (AvgIpc) is 2.32. The zero-order valence-electron chi connectivity index (χ0n) is 12.1. The van der Waals surface area contributed by atoms with E-state index in [0.717, 1.165) is 12.8 Å². The molecule has 1 rings (SSSR count). The molecule has 2 atom stereocenters. The van der Waals surface area contributed by atoms with Gasteiger partial charge in [-0.3, -0.25) is 9.59 Å². The molecule has 0 aliphatic carbocycles. The Morgan fingerprint density at radius 3 is 1.50 bits per heavy atom. The van der Waals surface area contributed by atoms with Crippen molar-refractivity contribution in [2.75, 3.05) is 13.1 Å². The topological polar surface area (TPSA) is 40.6 Å². The first kappa shape index (κ1) is 15.0. The number of hydrogen-bond acceptors (Lipinski definition) is 2. The number of carbonyl (C=O) groups excluding carboxylic acids is 2. The summed E-state index contributed by atoms with van der Waals surface area (Å²) in [4.78, 5) is 27.8. The summed E-state index contributed by atoms with van der Waals surface area (Å²) in [5, 5.41) is 0. The van der Waals surface area contributed by atoms with Crippen LogP contribution >= 0.6 is 0 Å². The minimum atomic E-state index is 0.140. The number of piperazine rings is 1. The van der Waals surface area contributed by atoms with Gasteiger partial charge in [0.25, 0.3) is 0 Å². The molecule has 18 heavy (non-hydrogen) atoms. The molecule has 4 nitrogen and oxygen atoms in total. The molecule has 4 heteroatoms. The first-order valence-electron chi connectivity index (χ1n) is 7.10. The van der Waals surface area contributed by atoms with Crippen LogP contribution in [0.1, 0.15) is 53.4 Å². The maximum atomic E-state index is 12.0. The third-order valence-corrected chi connectivity index (χ3v) is 3.55. The standard InChI is InChI=1S/C14H26N2O2/c1-5-7-13(17)15-9-12(4)16(10-11(15)3)14(18)8-6-2/h11-12H,5-10H2,1-4H3. The fourth-order valence-corrected chi connectivity index (χ4v) is 2.54. The summed E-state index contributed by atoms with van der Waals surface area (Å²) < 4.78 is 0. The largest absolute Gasteiger partial charge is 0.336 e. The van der Waals surface area contributed by atoms with Gasteiger partial charge in [0.1, 0.15) is 0 Å². The Kier molecular flexibility index (Phi) is 5.63. The van der Waals surface area contributed by atoms with Crippen molar-refractivity contribution in [1.82, 2.24) is 9.80 Å². The lowest BCUT2D eigenvalue weighted by Gasteiger charge is -2.44. The zero-order valence-corrected chi connectivity index (χ0v) is 12.1. The first-order valence-corrected chi connectivity index (χ1v) is 7.10. The third kappa shape index (κ3) is 3.47. The highest BCUT2D eigenvalue weighted by molar-refractivity contribution is 5.79. The predicted molar refractivity (Wildman–Crippen MR) is 72.2 cm³/mol. The molecule has 1 aliphatic rings. The molecule has 1 fully saturated rings. The molecule has 2 amide bonds. The van der Waals surface area contributed by atoms with Crippen LogP contribution < -0.4 is 0 Å². The quantitative estimate of drug-likeness (QED) is 0.770. The van der Waals surface area contributed by atoms with Crippen LogP contribution in [0.2, 0.25) is 0 Å². The van der Waals surface area contributed by atoms with E-state index in [1.165, 1.54) is 0 Å². The van der Waals surface area contributed by atoms with E-state index in [9.17, 15) is 9.59 Å². The monoisotopic (exact) mass is 254 g/mol. The molecule has 0 N–H and O–H groups in total. The molecule has 0 spiro atoms. The second-order valence-electron chi connectivity index (χ2n) is 5.29. The van der Waals surface area contributed by atoms with E-state index in [4.69, 9.17) is 0 Å². The Balaban J connectivity index is 2.64.